The summed E-state index contributed by atoms with van der Waals surface area (Å²) in [7, 11) is 0. The standard InChI is InChI=1S/C26H32N6O2/c1-5-6-7-8-16-34-21-14-12-20(13-15-21)24-23(19(4)27-26-29-30-31-32(24)26)25(33)28-22-11-9-10-17(2)18(22)3/h9-15,24H,5-8,16H2,1-4H3,(H,28,33)(H,27,29,31). The van der Waals surface area contributed by atoms with Gasteiger partial charge in [0.2, 0.25) is 5.95 Å². The highest BCUT2D eigenvalue weighted by atomic mass is 16.5. The largest absolute Gasteiger partial charge is 0.494 e. The molecule has 4 rings (SSSR count). The van der Waals surface area contributed by atoms with Crippen LogP contribution in [0.4, 0.5) is 11.6 Å². The number of carbonyl (C=O) groups is 1. The molecule has 1 aliphatic heterocycles. The molecule has 1 aromatic heterocycles. The fourth-order valence-electron chi connectivity index (χ4n) is 4.16. The van der Waals surface area contributed by atoms with Gasteiger partial charge >= 0.3 is 0 Å². The van der Waals surface area contributed by atoms with Crippen LogP contribution >= 0.6 is 0 Å². The number of anilines is 2. The van der Waals surface area contributed by atoms with E-state index in [1.165, 1.54) is 19.3 Å². The van der Waals surface area contributed by atoms with Crippen molar-refractivity contribution in [2.24, 2.45) is 0 Å². The Hall–Kier alpha value is -3.68. The molecule has 8 nitrogen and oxygen atoms in total. The van der Waals surface area contributed by atoms with Gasteiger partial charge in [-0.25, -0.2) is 0 Å². The molecule has 0 saturated heterocycles. The minimum absolute atomic E-state index is 0.193. The number of ether oxygens (including phenoxy) is 1. The number of hydrogen-bond acceptors (Lipinski definition) is 6. The van der Waals surface area contributed by atoms with Gasteiger partial charge < -0.3 is 15.4 Å². The van der Waals surface area contributed by atoms with E-state index >= 15 is 0 Å². The highest BCUT2D eigenvalue weighted by molar-refractivity contribution is 6.06. The summed E-state index contributed by atoms with van der Waals surface area (Å²) in [6, 6.07) is 13.2. The Morgan fingerprint density at radius 2 is 1.88 bits per heavy atom. The molecular weight excluding hydrogens is 428 g/mol. The lowest BCUT2D eigenvalue weighted by Gasteiger charge is -2.28. The summed E-state index contributed by atoms with van der Waals surface area (Å²) in [5.41, 5.74) is 5.13. The lowest BCUT2D eigenvalue weighted by atomic mass is 9.94. The first-order valence-corrected chi connectivity index (χ1v) is 11.9. The van der Waals surface area contributed by atoms with E-state index in [1.54, 1.807) is 4.68 Å². The zero-order valence-corrected chi connectivity index (χ0v) is 20.3. The number of nitrogens with zero attached hydrogens (tertiary/aromatic N) is 4. The molecule has 3 aromatic rings. The van der Waals surface area contributed by atoms with Crippen LogP contribution in [0.2, 0.25) is 0 Å². The van der Waals surface area contributed by atoms with E-state index in [0.717, 1.165) is 34.5 Å². The monoisotopic (exact) mass is 460 g/mol. The second kappa shape index (κ2) is 10.5. The number of aryl methyl sites for hydroxylation is 1. The highest BCUT2D eigenvalue weighted by Crippen LogP contribution is 2.35. The topological polar surface area (TPSA) is 94.0 Å². The number of hydrogen-bond donors (Lipinski definition) is 2. The third kappa shape index (κ3) is 4.95. The quantitative estimate of drug-likeness (QED) is 0.428. The molecule has 1 amide bonds. The second-order valence-corrected chi connectivity index (χ2v) is 8.69. The number of carbonyl (C=O) groups excluding carboxylic acids is 1. The summed E-state index contributed by atoms with van der Waals surface area (Å²) in [5.74, 6) is 1.12. The number of nitrogens with one attached hydrogen (secondary N) is 2. The van der Waals surface area contributed by atoms with Gasteiger partial charge in [-0.2, -0.15) is 4.68 Å². The van der Waals surface area contributed by atoms with Crippen molar-refractivity contribution in [1.82, 2.24) is 20.2 Å². The SMILES string of the molecule is CCCCCCOc1ccc(C2C(C(=O)Nc3cccc(C)c3C)=C(C)Nc3nnnn32)cc1. The summed E-state index contributed by atoms with van der Waals surface area (Å²) in [6.07, 6.45) is 4.65. The summed E-state index contributed by atoms with van der Waals surface area (Å²) >= 11 is 0. The van der Waals surface area contributed by atoms with Crippen molar-refractivity contribution in [3.8, 4) is 5.75 Å². The highest BCUT2D eigenvalue weighted by Gasteiger charge is 2.34. The van der Waals surface area contributed by atoms with Crippen LogP contribution in [-0.4, -0.2) is 32.7 Å². The predicted octanol–water partition coefficient (Wildman–Crippen LogP) is 5.18. The van der Waals surface area contributed by atoms with Gasteiger partial charge in [-0.15, -0.1) is 0 Å². The number of amides is 1. The van der Waals surface area contributed by atoms with Crippen LogP contribution in [0.3, 0.4) is 0 Å². The third-order valence-electron chi connectivity index (χ3n) is 6.27. The summed E-state index contributed by atoms with van der Waals surface area (Å²) in [6.45, 7) is 8.80. The first-order chi connectivity index (χ1) is 16.5. The van der Waals surface area contributed by atoms with Crippen molar-refractivity contribution in [3.05, 3.63) is 70.4 Å². The molecule has 1 atom stereocenters. The van der Waals surface area contributed by atoms with E-state index < -0.39 is 6.04 Å². The third-order valence-corrected chi connectivity index (χ3v) is 6.27. The first kappa shape index (κ1) is 23.5. The minimum atomic E-state index is -0.463. The Kier molecular flexibility index (Phi) is 7.25. The molecule has 1 unspecified atom stereocenters. The smallest absolute Gasteiger partial charge is 0.255 e. The molecule has 2 aromatic carbocycles. The van der Waals surface area contributed by atoms with Gasteiger partial charge in [0, 0.05) is 11.4 Å². The van der Waals surface area contributed by atoms with Crippen molar-refractivity contribution < 1.29 is 9.53 Å². The maximum Gasteiger partial charge on any atom is 0.255 e. The van der Waals surface area contributed by atoms with Crippen LogP contribution < -0.4 is 15.4 Å². The molecule has 2 N–H and O–H groups in total. The normalized spacial score (nSPS) is 15.0. The van der Waals surface area contributed by atoms with E-state index in [4.69, 9.17) is 4.74 Å². The molecule has 1 aliphatic rings. The minimum Gasteiger partial charge on any atom is -0.494 e. The van der Waals surface area contributed by atoms with Crippen LogP contribution in [0, 0.1) is 13.8 Å². The summed E-state index contributed by atoms with van der Waals surface area (Å²) in [4.78, 5) is 13.5. The van der Waals surface area contributed by atoms with Crippen LogP contribution in [0.25, 0.3) is 0 Å². The predicted molar refractivity (Wildman–Crippen MR) is 133 cm³/mol. The van der Waals surface area contributed by atoms with E-state index in [0.29, 0.717) is 23.8 Å². The number of benzene rings is 2. The van der Waals surface area contributed by atoms with Gasteiger partial charge in [0.05, 0.1) is 12.2 Å². The summed E-state index contributed by atoms with van der Waals surface area (Å²) in [5, 5.41) is 18.3. The summed E-state index contributed by atoms with van der Waals surface area (Å²) < 4.78 is 7.54. The van der Waals surface area contributed by atoms with Crippen molar-refractivity contribution in [2.45, 2.75) is 59.4 Å². The van der Waals surface area contributed by atoms with E-state index in [-0.39, 0.29) is 5.91 Å². The maximum atomic E-state index is 13.5. The molecule has 8 heteroatoms. The molecule has 2 heterocycles. The Morgan fingerprint density at radius 3 is 2.65 bits per heavy atom. The number of fused-ring (bicyclic) bond motifs is 1. The molecule has 178 valence electrons. The number of tetrazole rings is 1. The lowest BCUT2D eigenvalue weighted by Crippen LogP contribution is -2.31. The van der Waals surface area contributed by atoms with Crippen molar-refractivity contribution in [1.29, 1.82) is 0 Å². The molecule has 0 aliphatic carbocycles. The number of aromatic nitrogens is 4. The van der Waals surface area contributed by atoms with Crippen LogP contribution in [-0.2, 0) is 4.79 Å². The average molecular weight is 461 g/mol. The van der Waals surface area contributed by atoms with Gasteiger partial charge in [0.15, 0.2) is 0 Å². The van der Waals surface area contributed by atoms with E-state index in [9.17, 15) is 4.79 Å². The number of rotatable bonds is 9. The Labute approximate surface area is 200 Å². The van der Waals surface area contributed by atoms with Gasteiger partial charge in [0.1, 0.15) is 11.8 Å². The molecule has 0 saturated carbocycles. The van der Waals surface area contributed by atoms with Gasteiger partial charge in [0.25, 0.3) is 5.91 Å². The van der Waals surface area contributed by atoms with Gasteiger partial charge in [-0.3, -0.25) is 4.79 Å². The first-order valence-electron chi connectivity index (χ1n) is 11.9. The van der Waals surface area contributed by atoms with E-state index in [1.807, 2.05) is 63.2 Å². The Bertz CT molecular complexity index is 1180. The van der Waals surface area contributed by atoms with Gasteiger partial charge in [-0.1, -0.05) is 55.6 Å². The fourth-order valence-corrected chi connectivity index (χ4v) is 4.16. The molecule has 0 fully saturated rings. The zero-order chi connectivity index (χ0) is 24.1. The zero-order valence-electron chi connectivity index (χ0n) is 20.3. The molecular formula is C26H32N6O2. The lowest BCUT2D eigenvalue weighted by molar-refractivity contribution is -0.113. The van der Waals surface area contributed by atoms with Crippen molar-refractivity contribution in [3.63, 3.8) is 0 Å². The van der Waals surface area contributed by atoms with Crippen LogP contribution in [0.1, 0.15) is 62.3 Å². The average Bonchev–Trinajstić information content (AvgIpc) is 3.29. The molecule has 0 bridgehead atoms. The fraction of sp³-hybridized carbons (Fsp3) is 0.385. The van der Waals surface area contributed by atoms with Gasteiger partial charge in [-0.05, 0) is 72.5 Å². The van der Waals surface area contributed by atoms with E-state index in [2.05, 4.69) is 33.1 Å². The Morgan fingerprint density at radius 1 is 1.09 bits per heavy atom. The number of allylic oxidation sites excluding steroid dienone is 1. The van der Waals surface area contributed by atoms with Crippen molar-refractivity contribution >= 4 is 17.5 Å². The molecule has 0 radical (unpaired) electrons. The number of unbranched alkanes of at least 4 members (excludes halogenated alkanes) is 3. The van der Waals surface area contributed by atoms with Crippen LogP contribution in [0.15, 0.2) is 53.7 Å². The molecule has 0 spiro atoms. The van der Waals surface area contributed by atoms with Crippen molar-refractivity contribution in [2.75, 3.05) is 17.2 Å². The Balaban J connectivity index is 1.59. The van der Waals surface area contributed by atoms with Crippen LogP contribution in [0.5, 0.6) is 5.75 Å². The molecule has 34 heavy (non-hydrogen) atoms. The maximum absolute atomic E-state index is 13.5. The second-order valence-electron chi connectivity index (χ2n) is 8.69.